The van der Waals surface area contributed by atoms with Crippen molar-refractivity contribution in [2.75, 3.05) is 12.0 Å². The summed E-state index contributed by atoms with van der Waals surface area (Å²) in [5, 5.41) is 0. The summed E-state index contributed by atoms with van der Waals surface area (Å²) in [6.45, 7) is 10.3. The fourth-order valence-corrected chi connectivity index (χ4v) is 1.45. The summed E-state index contributed by atoms with van der Waals surface area (Å²) in [5.41, 5.74) is 3.42. The summed E-state index contributed by atoms with van der Waals surface area (Å²) in [5.74, 6) is 7.64. The van der Waals surface area contributed by atoms with Crippen LogP contribution in [0.1, 0.15) is 44.0 Å². The lowest BCUT2D eigenvalue weighted by Gasteiger charge is -2.14. The van der Waals surface area contributed by atoms with Crippen molar-refractivity contribution >= 4 is 5.82 Å². The lowest BCUT2D eigenvalue weighted by Crippen LogP contribution is -2.14. The van der Waals surface area contributed by atoms with E-state index in [0.29, 0.717) is 18.3 Å². The van der Waals surface area contributed by atoms with Crippen LogP contribution in [-0.4, -0.2) is 16.6 Å². The van der Waals surface area contributed by atoms with E-state index in [1.165, 1.54) is 0 Å². The molecule has 18 heavy (non-hydrogen) atoms. The molecule has 0 saturated heterocycles. The van der Waals surface area contributed by atoms with Crippen molar-refractivity contribution in [1.29, 1.82) is 0 Å². The SMILES string of the molecule is C=CCCCOc1nc(C(C)C)nc(NN)c1C. The maximum atomic E-state index is 5.68. The fraction of sp³-hybridized carbons (Fsp3) is 0.538. The van der Waals surface area contributed by atoms with Gasteiger partial charge in [-0.25, -0.2) is 10.8 Å². The van der Waals surface area contributed by atoms with Gasteiger partial charge < -0.3 is 10.2 Å². The monoisotopic (exact) mass is 250 g/mol. The first kappa shape index (κ1) is 14.4. The minimum absolute atomic E-state index is 0.230. The van der Waals surface area contributed by atoms with Gasteiger partial charge in [0.2, 0.25) is 5.88 Å². The lowest BCUT2D eigenvalue weighted by molar-refractivity contribution is 0.296. The van der Waals surface area contributed by atoms with Crippen molar-refractivity contribution in [3.63, 3.8) is 0 Å². The molecule has 0 aromatic carbocycles. The van der Waals surface area contributed by atoms with E-state index in [2.05, 4.69) is 22.0 Å². The van der Waals surface area contributed by atoms with Gasteiger partial charge in [0.15, 0.2) is 0 Å². The quantitative estimate of drug-likeness (QED) is 0.337. The number of nitrogens with two attached hydrogens (primary N) is 1. The highest BCUT2D eigenvalue weighted by atomic mass is 16.5. The largest absolute Gasteiger partial charge is 0.477 e. The third kappa shape index (κ3) is 3.70. The summed E-state index contributed by atoms with van der Waals surface area (Å²) in [7, 11) is 0. The maximum Gasteiger partial charge on any atom is 0.221 e. The van der Waals surface area contributed by atoms with E-state index in [-0.39, 0.29) is 5.92 Å². The molecule has 1 aromatic rings. The van der Waals surface area contributed by atoms with Crippen LogP contribution >= 0.6 is 0 Å². The standard InChI is InChI=1S/C13H22N4O/c1-5-6-7-8-18-13-10(4)12(17-14)15-11(16-13)9(2)3/h5,9H,1,6-8,14H2,2-4H3,(H,15,16,17). The summed E-state index contributed by atoms with van der Waals surface area (Å²) in [6.07, 6.45) is 3.74. The number of hydrazine groups is 1. The maximum absolute atomic E-state index is 5.68. The number of unbranched alkanes of at least 4 members (excludes halogenated alkanes) is 1. The molecule has 0 bridgehead atoms. The van der Waals surface area contributed by atoms with E-state index in [1.807, 2.05) is 26.8 Å². The van der Waals surface area contributed by atoms with Gasteiger partial charge in [-0.1, -0.05) is 19.9 Å². The molecule has 0 radical (unpaired) electrons. The fourth-order valence-electron chi connectivity index (χ4n) is 1.45. The molecule has 0 unspecified atom stereocenters. The molecule has 0 aliphatic carbocycles. The zero-order valence-electron chi connectivity index (χ0n) is 11.4. The Morgan fingerprint density at radius 2 is 2.17 bits per heavy atom. The molecule has 5 heteroatoms. The van der Waals surface area contributed by atoms with Crippen LogP contribution < -0.4 is 16.0 Å². The molecular formula is C13H22N4O. The molecular weight excluding hydrogens is 228 g/mol. The van der Waals surface area contributed by atoms with E-state index < -0.39 is 0 Å². The third-order valence-electron chi connectivity index (χ3n) is 2.56. The van der Waals surface area contributed by atoms with E-state index >= 15 is 0 Å². The zero-order chi connectivity index (χ0) is 13.5. The summed E-state index contributed by atoms with van der Waals surface area (Å²) in [6, 6.07) is 0. The highest BCUT2D eigenvalue weighted by Crippen LogP contribution is 2.24. The van der Waals surface area contributed by atoms with Crippen LogP contribution in [0.5, 0.6) is 5.88 Å². The molecule has 0 atom stereocenters. The molecule has 0 aliphatic rings. The van der Waals surface area contributed by atoms with Crippen LogP contribution in [0.2, 0.25) is 0 Å². The molecule has 5 nitrogen and oxygen atoms in total. The minimum Gasteiger partial charge on any atom is -0.477 e. The Morgan fingerprint density at radius 1 is 1.44 bits per heavy atom. The molecule has 3 N–H and O–H groups in total. The predicted molar refractivity (Wildman–Crippen MR) is 73.6 cm³/mol. The Bertz CT molecular complexity index is 404. The second-order valence-corrected chi connectivity index (χ2v) is 4.44. The first-order valence-corrected chi connectivity index (χ1v) is 6.19. The smallest absolute Gasteiger partial charge is 0.221 e. The van der Waals surface area contributed by atoms with Crippen LogP contribution in [0, 0.1) is 6.92 Å². The van der Waals surface area contributed by atoms with Crippen molar-refractivity contribution in [2.24, 2.45) is 5.84 Å². The van der Waals surface area contributed by atoms with Crippen LogP contribution in [0.15, 0.2) is 12.7 Å². The second-order valence-electron chi connectivity index (χ2n) is 4.44. The Labute approximate surface area is 108 Å². The second kappa shape index (κ2) is 6.96. The molecule has 0 spiro atoms. The number of anilines is 1. The van der Waals surface area contributed by atoms with Gasteiger partial charge in [-0.2, -0.15) is 4.98 Å². The summed E-state index contributed by atoms with van der Waals surface area (Å²) >= 11 is 0. The Balaban J connectivity index is 2.87. The average Bonchev–Trinajstić information content (AvgIpc) is 2.36. The number of nitrogens with one attached hydrogen (secondary N) is 1. The normalized spacial score (nSPS) is 10.5. The molecule has 0 aliphatic heterocycles. The highest BCUT2D eigenvalue weighted by Gasteiger charge is 2.13. The van der Waals surface area contributed by atoms with Crippen molar-refractivity contribution in [3.8, 4) is 5.88 Å². The van der Waals surface area contributed by atoms with Gasteiger partial charge >= 0.3 is 0 Å². The number of hydrogen-bond donors (Lipinski definition) is 2. The van der Waals surface area contributed by atoms with E-state index in [4.69, 9.17) is 10.6 Å². The molecule has 0 amide bonds. The van der Waals surface area contributed by atoms with E-state index in [1.54, 1.807) is 0 Å². The average molecular weight is 250 g/mol. The molecule has 1 heterocycles. The van der Waals surface area contributed by atoms with Gasteiger partial charge in [0, 0.05) is 5.92 Å². The van der Waals surface area contributed by atoms with Gasteiger partial charge in [-0.15, -0.1) is 6.58 Å². The number of allylic oxidation sites excluding steroid dienone is 1. The predicted octanol–water partition coefficient (Wildman–Crippen LogP) is 2.54. The van der Waals surface area contributed by atoms with Gasteiger partial charge in [-0.3, -0.25) is 0 Å². The van der Waals surface area contributed by atoms with Gasteiger partial charge in [0.25, 0.3) is 0 Å². The third-order valence-corrected chi connectivity index (χ3v) is 2.56. The van der Waals surface area contributed by atoms with Crippen molar-refractivity contribution in [1.82, 2.24) is 9.97 Å². The van der Waals surface area contributed by atoms with Gasteiger partial charge in [0.1, 0.15) is 11.6 Å². The van der Waals surface area contributed by atoms with E-state index in [0.717, 1.165) is 24.2 Å². The molecule has 0 saturated carbocycles. The number of rotatable bonds is 7. The Hall–Kier alpha value is -1.62. The van der Waals surface area contributed by atoms with Crippen LogP contribution in [0.4, 0.5) is 5.82 Å². The minimum atomic E-state index is 0.230. The topological polar surface area (TPSA) is 73.1 Å². The first-order chi connectivity index (χ1) is 8.60. The Kier molecular flexibility index (Phi) is 5.58. The number of ether oxygens (including phenoxy) is 1. The summed E-state index contributed by atoms with van der Waals surface area (Å²) in [4.78, 5) is 8.78. The highest BCUT2D eigenvalue weighted by molar-refractivity contribution is 5.47. The van der Waals surface area contributed by atoms with Crippen LogP contribution in [0.25, 0.3) is 0 Å². The van der Waals surface area contributed by atoms with Gasteiger partial charge in [-0.05, 0) is 19.8 Å². The van der Waals surface area contributed by atoms with E-state index in [9.17, 15) is 0 Å². The van der Waals surface area contributed by atoms with Crippen molar-refractivity contribution < 1.29 is 4.74 Å². The van der Waals surface area contributed by atoms with Gasteiger partial charge in [0.05, 0.1) is 12.2 Å². The zero-order valence-corrected chi connectivity index (χ0v) is 11.4. The van der Waals surface area contributed by atoms with Crippen LogP contribution in [0.3, 0.4) is 0 Å². The van der Waals surface area contributed by atoms with Crippen LogP contribution in [-0.2, 0) is 0 Å². The summed E-state index contributed by atoms with van der Waals surface area (Å²) < 4.78 is 5.68. The molecule has 0 fully saturated rings. The number of nitrogen functional groups attached to an aromatic ring is 1. The number of nitrogens with zero attached hydrogens (tertiary/aromatic N) is 2. The molecule has 1 rings (SSSR count). The van der Waals surface area contributed by atoms with Crippen molar-refractivity contribution in [2.45, 2.75) is 39.5 Å². The molecule has 100 valence electrons. The number of hydrogen-bond acceptors (Lipinski definition) is 5. The molecule has 1 aromatic heterocycles. The number of aromatic nitrogens is 2. The Morgan fingerprint density at radius 3 is 2.72 bits per heavy atom. The van der Waals surface area contributed by atoms with Crippen molar-refractivity contribution in [3.05, 3.63) is 24.0 Å². The lowest BCUT2D eigenvalue weighted by atomic mass is 10.2. The first-order valence-electron chi connectivity index (χ1n) is 6.19.